The Morgan fingerprint density at radius 1 is 1.30 bits per heavy atom. The quantitative estimate of drug-likeness (QED) is 0.848. The molecule has 0 amide bonds. The monoisotopic (exact) mass is 299 g/mol. The zero-order valence-electron chi connectivity index (χ0n) is 12.1. The van der Waals surface area contributed by atoms with Gasteiger partial charge in [0.15, 0.2) is 0 Å². The first-order chi connectivity index (χ1) is 9.70. The highest BCUT2D eigenvalue weighted by Gasteiger charge is 2.43. The van der Waals surface area contributed by atoms with Crippen molar-refractivity contribution in [2.24, 2.45) is 0 Å². The van der Waals surface area contributed by atoms with Gasteiger partial charge in [-0.25, -0.2) is 0 Å². The predicted octanol–water partition coefficient (Wildman–Crippen LogP) is 2.37. The second-order valence-electron chi connectivity index (χ2n) is 6.41. The highest BCUT2D eigenvalue weighted by atomic mass is 32.2. The van der Waals surface area contributed by atoms with E-state index in [2.05, 4.69) is 4.90 Å². The van der Waals surface area contributed by atoms with E-state index in [4.69, 9.17) is 4.74 Å². The molecule has 114 valence electrons. The molecule has 3 aliphatic rings. The maximum Gasteiger partial charge on any atom is 0.321 e. The third kappa shape index (κ3) is 3.00. The van der Waals surface area contributed by atoms with E-state index in [1.54, 1.807) is 11.8 Å². The van der Waals surface area contributed by atoms with E-state index in [0.717, 1.165) is 37.5 Å². The van der Waals surface area contributed by atoms with Crippen LogP contribution in [0.3, 0.4) is 0 Å². The van der Waals surface area contributed by atoms with E-state index in [1.807, 2.05) is 0 Å². The zero-order chi connectivity index (χ0) is 14.0. The lowest BCUT2D eigenvalue weighted by Gasteiger charge is -2.48. The molecule has 1 N–H and O–H groups in total. The smallest absolute Gasteiger partial charge is 0.321 e. The third-order valence-corrected chi connectivity index (χ3v) is 6.18. The summed E-state index contributed by atoms with van der Waals surface area (Å²) in [7, 11) is 0. The van der Waals surface area contributed by atoms with Crippen molar-refractivity contribution in [3.63, 3.8) is 0 Å². The first kappa shape index (κ1) is 14.7. The fourth-order valence-corrected chi connectivity index (χ4v) is 5.16. The number of hydrogen-bond donors (Lipinski definition) is 1. The predicted molar refractivity (Wildman–Crippen MR) is 80.2 cm³/mol. The number of aliphatic carboxylic acids is 1. The molecule has 0 bridgehead atoms. The van der Waals surface area contributed by atoms with Crippen molar-refractivity contribution in [1.82, 2.24) is 4.90 Å². The van der Waals surface area contributed by atoms with Crippen LogP contribution in [0.4, 0.5) is 0 Å². The summed E-state index contributed by atoms with van der Waals surface area (Å²) < 4.78 is 6.14. The molecule has 3 fully saturated rings. The molecule has 3 rings (SSSR count). The number of thioether (sulfide) groups is 1. The van der Waals surface area contributed by atoms with Gasteiger partial charge in [0.2, 0.25) is 0 Å². The van der Waals surface area contributed by atoms with Crippen LogP contribution in [0.25, 0.3) is 0 Å². The number of ether oxygens (including phenoxy) is 1. The van der Waals surface area contributed by atoms with Gasteiger partial charge in [-0.05, 0) is 25.7 Å². The Kier molecular flexibility index (Phi) is 4.58. The minimum Gasteiger partial charge on any atom is -0.480 e. The van der Waals surface area contributed by atoms with Gasteiger partial charge in [0, 0.05) is 30.7 Å². The van der Waals surface area contributed by atoms with Gasteiger partial charge in [-0.15, -0.1) is 0 Å². The van der Waals surface area contributed by atoms with Crippen LogP contribution in [0.2, 0.25) is 0 Å². The van der Waals surface area contributed by atoms with E-state index < -0.39 is 5.97 Å². The van der Waals surface area contributed by atoms with Crippen molar-refractivity contribution in [1.29, 1.82) is 0 Å². The maximum atomic E-state index is 11.5. The average Bonchev–Trinajstić information content (AvgIpc) is 2.48. The van der Waals surface area contributed by atoms with Gasteiger partial charge in [0.05, 0.1) is 5.60 Å². The van der Waals surface area contributed by atoms with E-state index in [9.17, 15) is 9.90 Å². The van der Waals surface area contributed by atoms with E-state index in [0.29, 0.717) is 6.04 Å². The highest BCUT2D eigenvalue weighted by molar-refractivity contribution is 7.99. The van der Waals surface area contributed by atoms with Crippen molar-refractivity contribution >= 4 is 17.7 Å². The fourth-order valence-electron chi connectivity index (χ4n) is 4.10. The first-order valence-electron chi connectivity index (χ1n) is 7.90. The van der Waals surface area contributed by atoms with Crippen LogP contribution >= 0.6 is 11.8 Å². The van der Waals surface area contributed by atoms with Crippen molar-refractivity contribution in [2.45, 2.75) is 62.6 Å². The molecular formula is C15H25NO3S. The van der Waals surface area contributed by atoms with Crippen molar-refractivity contribution in [2.75, 3.05) is 24.7 Å². The summed E-state index contributed by atoms with van der Waals surface area (Å²) >= 11 is 1.77. The first-order valence-corrected chi connectivity index (χ1v) is 9.06. The van der Waals surface area contributed by atoms with Crippen LogP contribution < -0.4 is 0 Å². The minimum atomic E-state index is -0.651. The Hall–Kier alpha value is -0.260. The molecule has 0 aromatic rings. The van der Waals surface area contributed by atoms with Gasteiger partial charge >= 0.3 is 5.97 Å². The molecule has 0 aromatic carbocycles. The van der Waals surface area contributed by atoms with E-state index in [-0.39, 0.29) is 11.6 Å². The highest BCUT2D eigenvalue weighted by Crippen LogP contribution is 2.40. The lowest BCUT2D eigenvalue weighted by atomic mass is 9.77. The minimum absolute atomic E-state index is 0.0643. The summed E-state index contributed by atoms with van der Waals surface area (Å²) in [4.78, 5) is 13.8. The molecule has 1 saturated carbocycles. The van der Waals surface area contributed by atoms with Gasteiger partial charge in [0.25, 0.3) is 0 Å². The zero-order valence-corrected chi connectivity index (χ0v) is 12.9. The number of carboxylic acids is 1. The lowest BCUT2D eigenvalue weighted by molar-refractivity contribution is -0.150. The van der Waals surface area contributed by atoms with Gasteiger partial charge in [-0.2, -0.15) is 11.8 Å². The van der Waals surface area contributed by atoms with Crippen LogP contribution in [0.5, 0.6) is 0 Å². The molecule has 2 atom stereocenters. The molecule has 2 heterocycles. The lowest BCUT2D eigenvalue weighted by Crippen LogP contribution is -2.57. The molecule has 2 aliphatic heterocycles. The van der Waals surface area contributed by atoms with Crippen LogP contribution in [0, 0.1) is 0 Å². The molecule has 5 heteroatoms. The molecule has 1 aliphatic carbocycles. The molecule has 2 saturated heterocycles. The van der Waals surface area contributed by atoms with Crippen LogP contribution in [0.15, 0.2) is 0 Å². The molecule has 0 aromatic heterocycles. The number of carbonyl (C=O) groups is 1. The van der Waals surface area contributed by atoms with Crippen LogP contribution in [-0.2, 0) is 9.53 Å². The van der Waals surface area contributed by atoms with Gasteiger partial charge in [-0.3, -0.25) is 9.69 Å². The molecular weight excluding hydrogens is 274 g/mol. The molecule has 2 unspecified atom stereocenters. The van der Waals surface area contributed by atoms with Gasteiger partial charge in [-0.1, -0.05) is 19.3 Å². The second kappa shape index (κ2) is 6.24. The van der Waals surface area contributed by atoms with Crippen LogP contribution in [-0.4, -0.2) is 58.3 Å². The summed E-state index contributed by atoms with van der Waals surface area (Å²) in [5.41, 5.74) is 0.0643. The van der Waals surface area contributed by atoms with Crippen molar-refractivity contribution < 1.29 is 14.6 Å². The van der Waals surface area contributed by atoms with Crippen LogP contribution in [0.1, 0.15) is 44.9 Å². The Labute approximate surface area is 125 Å². The summed E-state index contributed by atoms with van der Waals surface area (Å²) in [6, 6.07) is 0.112. The number of rotatable bonds is 2. The molecule has 1 spiro atoms. The van der Waals surface area contributed by atoms with Gasteiger partial charge < -0.3 is 9.84 Å². The standard InChI is InChI=1S/C15H25NO3S/c17-14(18)13-11-20-9-7-16(13)12-4-8-19-15(10-12)5-2-1-3-6-15/h12-13H,1-11H2,(H,17,18). The summed E-state index contributed by atoms with van der Waals surface area (Å²) in [6.45, 7) is 1.73. The maximum absolute atomic E-state index is 11.5. The fraction of sp³-hybridized carbons (Fsp3) is 0.933. The second-order valence-corrected chi connectivity index (χ2v) is 7.56. The Balaban J connectivity index is 1.70. The SMILES string of the molecule is O=C(O)C1CSCCN1C1CCOC2(CCCCC2)C1. The van der Waals surface area contributed by atoms with Gasteiger partial charge in [0.1, 0.15) is 6.04 Å². The summed E-state index contributed by atoms with van der Waals surface area (Å²) in [5.74, 6) is 1.15. The topological polar surface area (TPSA) is 49.8 Å². The average molecular weight is 299 g/mol. The summed E-state index contributed by atoms with van der Waals surface area (Å²) in [6.07, 6.45) is 8.25. The molecule has 0 radical (unpaired) electrons. The Morgan fingerprint density at radius 3 is 2.85 bits per heavy atom. The summed E-state index contributed by atoms with van der Waals surface area (Å²) in [5, 5.41) is 9.45. The number of carboxylic acid groups (broad SMARTS) is 1. The Morgan fingerprint density at radius 2 is 2.10 bits per heavy atom. The van der Waals surface area contributed by atoms with Crippen molar-refractivity contribution in [3.8, 4) is 0 Å². The normalized spacial score (nSPS) is 35.0. The third-order valence-electron chi connectivity index (χ3n) is 5.16. The molecule has 20 heavy (non-hydrogen) atoms. The van der Waals surface area contributed by atoms with E-state index >= 15 is 0 Å². The Bertz CT molecular complexity index is 352. The molecule has 4 nitrogen and oxygen atoms in total. The number of nitrogens with zero attached hydrogens (tertiary/aromatic N) is 1. The largest absolute Gasteiger partial charge is 0.480 e. The van der Waals surface area contributed by atoms with Crippen molar-refractivity contribution in [3.05, 3.63) is 0 Å². The van der Waals surface area contributed by atoms with E-state index in [1.165, 1.54) is 32.1 Å². The number of hydrogen-bond acceptors (Lipinski definition) is 4.